The Morgan fingerprint density at radius 1 is 0.958 bits per heavy atom. The van der Waals surface area contributed by atoms with Gasteiger partial charge >= 0.3 is 5.97 Å². The van der Waals surface area contributed by atoms with Crippen molar-refractivity contribution in [2.24, 2.45) is 5.92 Å². The van der Waals surface area contributed by atoms with Crippen molar-refractivity contribution in [1.82, 2.24) is 5.32 Å². The molecule has 0 saturated carbocycles. The minimum Gasteiger partial charge on any atom is -0.482 e. The first kappa shape index (κ1) is 18.0. The fourth-order valence-corrected chi connectivity index (χ4v) is 2.25. The summed E-state index contributed by atoms with van der Waals surface area (Å²) in [6, 6.07) is 19.0. The van der Waals surface area contributed by atoms with Crippen LogP contribution in [0, 0.1) is 5.92 Å². The molecular weight excluding hydrogens is 302 g/mol. The lowest BCUT2D eigenvalue weighted by Gasteiger charge is -2.20. The van der Waals surface area contributed by atoms with Crippen molar-refractivity contribution < 1.29 is 14.3 Å². The maximum atomic E-state index is 12.1. The second kappa shape index (κ2) is 9.73. The van der Waals surface area contributed by atoms with Gasteiger partial charge in [-0.1, -0.05) is 62.4 Å². The molecule has 0 saturated heterocycles. The van der Waals surface area contributed by atoms with E-state index in [1.807, 2.05) is 60.7 Å². The van der Waals surface area contributed by atoms with Crippen molar-refractivity contribution in [3.8, 4) is 5.75 Å². The third-order valence-electron chi connectivity index (χ3n) is 3.43. The molecule has 0 aliphatic heterocycles. The molecule has 0 spiro atoms. The van der Waals surface area contributed by atoms with Gasteiger partial charge in [0.1, 0.15) is 11.9 Å². The van der Waals surface area contributed by atoms with Crippen LogP contribution in [0.25, 0.3) is 0 Å². The number of hydrogen-bond donors (Lipinski definition) is 1. The van der Waals surface area contributed by atoms with E-state index in [1.54, 1.807) is 0 Å². The van der Waals surface area contributed by atoms with E-state index in [0.717, 1.165) is 12.1 Å². The van der Waals surface area contributed by atoms with Gasteiger partial charge in [-0.15, -0.1) is 0 Å². The summed E-state index contributed by atoms with van der Waals surface area (Å²) in [6.07, 6.45) is -0.322. The topological polar surface area (TPSA) is 47.6 Å². The highest BCUT2D eigenvalue weighted by Crippen LogP contribution is 2.17. The van der Waals surface area contributed by atoms with E-state index in [4.69, 9.17) is 9.47 Å². The van der Waals surface area contributed by atoms with E-state index in [1.165, 1.54) is 0 Å². The molecule has 1 unspecified atom stereocenters. The summed E-state index contributed by atoms with van der Waals surface area (Å²) < 4.78 is 11.1. The van der Waals surface area contributed by atoms with Gasteiger partial charge < -0.3 is 14.8 Å². The van der Waals surface area contributed by atoms with E-state index in [0.29, 0.717) is 18.2 Å². The molecule has 0 aromatic heterocycles. The lowest BCUT2D eigenvalue weighted by Crippen LogP contribution is -2.29. The first-order valence-corrected chi connectivity index (χ1v) is 8.28. The molecule has 2 aromatic rings. The van der Waals surface area contributed by atoms with Crippen LogP contribution in [0.4, 0.5) is 0 Å². The van der Waals surface area contributed by atoms with Crippen molar-refractivity contribution in [3.63, 3.8) is 0 Å². The lowest BCUT2D eigenvalue weighted by molar-refractivity contribution is -0.151. The highest BCUT2D eigenvalue weighted by molar-refractivity contribution is 5.71. The Morgan fingerprint density at radius 3 is 2.21 bits per heavy atom. The minimum absolute atomic E-state index is 0.0997. The Balaban J connectivity index is 1.90. The van der Waals surface area contributed by atoms with Gasteiger partial charge in [0.15, 0.2) is 6.61 Å². The Morgan fingerprint density at radius 2 is 1.58 bits per heavy atom. The number of esters is 1. The summed E-state index contributed by atoms with van der Waals surface area (Å²) in [4.78, 5) is 12.1. The van der Waals surface area contributed by atoms with Crippen LogP contribution in [0.5, 0.6) is 5.75 Å². The number of ether oxygens (including phenoxy) is 2. The molecule has 24 heavy (non-hydrogen) atoms. The number of carbonyl (C=O) groups is 1. The molecule has 128 valence electrons. The summed E-state index contributed by atoms with van der Waals surface area (Å²) in [5, 5.41) is 3.34. The van der Waals surface area contributed by atoms with Crippen molar-refractivity contribution in [1.29, 1.82) is 0 Å². The van der Waals surface area contributed by atoms with E-state index in [-0.39, 0.29) is 18.7 Å². The SMILES string of the molecule is CC(C)CNCC(OC(=O)COc1ccccc1)c1ccccc1. The molecule has 0 fully saturated rings. The summed E-state index contributed by atoms with van der Waals surface area (Å²) >= 11 is 0. The fraction of sp³-hybridized carbons (Fsp3) is 0.350. The molecule has 0 heterocycles. The van der Waals surface area contributed by atoms with Gasteiger partial charge in [0.2, 0.25) is 0 Å². The van der Waals surface area contributed by atoms with E-state index in [9.17, 15) is 4.79 Å². The lowest BCUT2D eigenvalue weighted by atomic mass is 10.1. The van der Waals surface area contributed by atoms with Gasteiger partial charge in [0.25, 0.3) is 0 Å². The number of nitrogens with one attached hydrogen (secondary N) is 1. The number of para-hydroxylation sites is 1. The van der Waals surface area contributed by atoms with Crippen LogP contribution < -0.4 is 10.1 Å². The first-order valence-electron chi connectivity index (χ1n) is 8.28. The fourth-order valence-electron chi connectivity index (χ4n) is 2.25. The van der Waals surface area contributed by atoms with Crippen LogP contribution in [0.15, 0.2) is 60.7 Å². The summed E-state index contributed by atoms with van der Waals surface area (Å²) in [6.45, 7) is 5.65. The maximum absolute atomic E-state index is 12.1. The molecule has 4 heteroatoms. The van der Waals surface area contributed by atoms with E-state index in [2.05, 4.69) is 19.2 Å². The van der Waals surface area contributed by atoms with Crippen molar-refractivity contribution in [3.05, 3.63) is 66.2 Å². The third-order valence-corrected chi connectivity index (χ3v) is 3.43. The summed E-state index contributed by atoms with van der Waals surface area (Å²) in [5.74, 6) is 0.821. The molecule has 2 aromatic carbocycles. The van der Waals surface area contributed by atoms with Crippen LogP contribution in [0.2, 0.25) is 0 Å². The van der Waals surface area contributed by atoms with Gasteiger partial charge in [-0.2, -0.15) is 0 Å². The van der Waals surface area contributed by atoms with E-state index < -0.39 is 0 Å². The zero-order valence-electron chi connectivity index (χ0n) is 14.3. The second-order valence-corrected chi connectivity index (χ2v) is 6.04. The van der Waals surface area contributed by atoms with Crippen molar-refractivity contribution in [2.75, 3.05) is 19.7 Å². The van der Waals surface area contributed by atoms with Gasteiger partial charge in [0.05, 0.1) is 0 Å². The molecule has 1 atom stereocenters. The predicted molar refractivity (Wildman–Crippen MR) is 94.9 cm³/mol. The largest absolute Gasteiger partial charge is 0.482 e. The van der Waals surface area contributed by atoms with Crippen LogP contribution >= 0.6 is 0 Å². The highest BCUT2D eigenvalue weighted by Gasteiger charge is 2.17. The molecule has 1 N–H and O–H groups in total. The van der Waals surface area contributed by atoms with Gasteiger partial charge in [-0.05, 0) is 30.2 Å². The zero-order chi connectivity index (χ0) is 17.2. The summed E-state index contributed by atoms with van der Waals surface area (Å²) in [5.41, 5.74) is 0.974. The second-order valence-electron chi connectivity index (χ2n) is 6.04. The Bertz CT molecular complexity index is 599. The normalized spacial score (nSPS) is 12.0. The minimum atomic E-state index is -0.376. The predicted octanol–water partition coefficient (Wildman–Crippen LogP) is 3.60. The molecule has 0 aliphatic rings. The quantitative estimate of drug-likeness (QED) is 0.715. The Labute approximate surface area is 143 Å². The zero-order valence-corrected chi connectivity index (χ0v) is 14.3. The molecule has 2 rings (SSSR count). The van der Waals surface area contributed by atoms with Gasteiger partial charge in [-0.25, -0.2) is 4.79 Å². The average molecular weight is 327 g/mol. The third kappa shape index (κ3) is 6.42. The smallest absolute Gasteiger partial charge is 0.344 e. The first-order chi connectivity index (χ1) is 11.6. The van der Waals surface area contributed by atoms with Crippen LogP contribution in [0.3, 0.4) is 0 Å². The standard InChI is InChI=1S/C20H25NO3/c1-16(2)13-21-14-19(17-9-5-3-6-10-17)24-20(22)15-23-18-11-7-4-8-12-18/h3-12,16,19,21H,13-15H2,1-2H3. The molecule has 4 nitrogen and oxygen atoms in total. The number of hydrogen-bond acceptors (Lipinski definition) is 4. The molecule has 0 bridgehead atoms. The van der Waals surface area contributed by atoms with Crippen LogP contribution in [-0.2, 0) is 9.53 Å². The molecule has 0 aliphatic carbocycles. The average Bonchev–Trinajstić information content (AvgIpc) is 2.60. The van der Waals surface area contributed by atoms with Gasteiger partial charge in [-0.3, -0.25) is 0 Å². The summed E-state index contributed by atoms with van der Waals surface area (Å²) in [7, 11) is 0. The molecule has 0 amide bonds. The number of carbonyl (C=O) groups excluding carboxylic acids is 1. The number of benzene rings is 2. The molecule has 0 radical (unpaired) electrons. The van der Waals surface area contributed by atoms with Gasteiger partial charge in [0, 0.05) is 6.54 Å². The van der Waals surface area contributed by atoms with Crippen molar-refractivity contribution in [2.45, 2.75) is 20.0 Å². The van der Waals surface area contributed by atoms with Crippen LogP contribution in [0.1, 0.15) is 25.5 Å². The maximum Gasteiger partial charge on any atom is 0.344 e. The van der Waals surface area contributed by atoms with Crippen molar-refractivity contribution >= 4 is 5.97 Å². The Kier molecular flexibility index (Phi) is 7.30. The van der Waals surface area contributed by atoms with E-state index >= 15 is 0 Å². The monoisotopic (exact) mass is 327 g/mol. The number of rotatable bonds is 9. The molecular formula is C20H25NO3. The van der Waals surface area contributed by atoms with Crippen LogP contribution in [-0.4, -0.2) is 25.7 Å². The Hall–Kier alpha value is -2.33. The highest BCUT2D eigenvalue weighted by atomic mass is 16.6.